The van der Waals surface area contributed by atoms with Crippen LogP contribution in [-0.2, 0) is 6.42 Å². The van der Waals surface area contributed by atoms with Crippen molar-refractivity contribution >= 4 is 0 Å². The average molecular weight is 261 g/mol. The molecule has 1 aliphatic carbocycles. The number of aliphatic hydroxyl groups is 1. The predicted molar refractivity (Wildman–Crippen MR) is 80.1 cm³/mol. The number of rotatable bonds is 3. The summed E-state index contributed by atoms with van der Waals surface area (Å²) in [5.41, 5.74) is 9.88. The second-order valence-corrected chi connectivity index (χ2v) is 7.00. The molecule has 2 nitrogen and oxygen atoms in total. The molecule has 106 valence electrons. The maximum Gasteiger partial charge on any atom is 0.0662 e. The quantitative estimate of drug-likeness (QED) is 0.878. The van der Waals surface area contributed by atoms with Gasteiger partial charge >= 0.3 is 0 Å². The SMILES string of the molecule is Cc1cccc(C)c1CC1(CN)CCC(C)(C)C1O. The van der Waals surface area contributed by atoms with Gasteiger partial charge in [0.1, 0.15) is 0 Å². The van der Waals surface area contributed by atoms with Crippen molar-refractivity contribution < 1.29 is 5.11 Å². The minimum absolute atomic E-state index is 0.0179. The molecule has 0 heterocycles. The van der Waals surface area contributed by atoms with E-state index in [9.17, 15) is 5.11 Å². The molecule has 0 saturated heterocycles. The first kappa shape index (κ1) is 14.5. The Balaban J connectivity index is 2.35. The predicted octanol–water partition coefficient (Wildman–Crippen LogP) is 2.97. The monoisotopic (exact) mass is 261 g/mol. The normalized spacial score (nSPS) is 29.7. The molecule has 2 atom stereocenters. The van der Waals surface area contributed by atoms with Crippen LogP contribution >= 0.6 is 0 Å². The molecule has 0 radical (unpaired) electrons. The zero-order valence-electron chi connectivity index (χ0n) is 12.7. The first-order chi connectivity index (χ1) is 8.82. The standard InChI is InChI=1S/C17H27NO/c1-12-6-5-7-13(2)14(12)10-17(11-18)9-8-16(3,4)15(17)19/h5-7,15,19H,8-11,18H2,1-4H3. The molecule has 1 saturated carbocycles. The van der Waals surface area contributed by atoms with Gasteiger partial charge in [-0.05, 0) is 55.2 Å². The van der Waals surface area contributed by atoms with Crippen molar-refractivity contribution in [1.29, 1.82) is 0 Å². The highest BCUT2D eigenvalue weighted by Gasteiger charge is 2.51. The zero-order valence-corrected chi connectivity index (χ0v) is 12.7. The lowest BCUT2D eigenvalue weighted by molar-refractivity contribution is -0.00476. The van der Waals surface area contributed by atoms with Crippen molar-refractivity contribution in [2.45, 2.75) is 53.1 Å². The van der Waals surface area contributed by atoms with E-state index in [1.165, 1.54) is 16.7 Å². The second kappa shape index (κ2) is 4.92. The van der Waals surface area contributed by atoms with Crippen molar-refractivity contribution in [3.05, 3.63) is 34.9 Å². The Morgan fingerprint density at radius 3 is 2.21 bits per heavy atom. The Kier molecular flexibility index (Phi) is 3.76. The first-order valence-electron chi connectivity index (χ1n) is 7.26. The smallest absolute Gasteiger partial charge is 0.0662 e. The van der Waals surface area contributed by atoms with E-state index < -0.39 is 0 Å². The van der Waals surface area contributed by atoms with Gasteiger partial charge < -0.3 is 10.8 Å². The Morgan fingerprint density at radius 1 is 1.21 bits per heavy atom. The number of nitrogens with two attached hydrogens (primary N) is 1. The number of aryl methyl sites for hydroxylation is 2. The van der Waals surface area contributed by atoms with E-state index in [1.54, 1.807) is 0 Å². The van der Waals surface area contributed by atoms with Crippen molar-refractivity contribution in [2.24, 2.45) is 16.6 Å². The fraction of sp³-hybridized carbons (Fsp3) is 0.647. The van der Waals surface area contributed by atoms with Crippen molar-refractivity contribution in [3.8, 4) is 0 Å². The van der Waals surface area contributed by atoms with Gasteiger partial charge in [0.05, 0.1) is 6.10 Å². The largest absolute Gasteiger partial charge is 0.392 e. The van der Waals surface area contributed by atoms with Gasteiger partial charge in [-0.3, -0.25) is 0 Å². The Morgan fingerprint density at radius 2 is 1.79 bits per heavy atom. The lowest BCUT2D eigenvalue weighted by atomic mass is 9.73. The lowest BCUT2D eigenvalue weighted by Gasteiger charge is -2.36. The molecule has 19 heavy (non-hydrogen) atoms. The molecular weight excluding hydrogens is 234 g/mol. The third kappa shape index (κ3) is 2.44. The molecule has 0 bridgehead atoms. The van der Waals surface area contributed by atoms with Crippen molar-refractivity contribution in [3.63, 3.8) is 0 Å². The average Bonchev–Trinajstić information content (AvgIpc) is 2.59. The molecule has 2 heteroatoms. The number of hydrogen-bond donors (Lipinski definition) is 2. The van der Waals surface area contributed by atoms with Gasteiger partial charge in [-0.15, -0.1) is 0 Å². The summed E-state index contributed by atoms with van der Waals surface area (Å²) in [5.74, 6) is 0. The molecule has 0 amide bonds. The number of hydrogen-bond acceptors (Lipinski definition) is 2. The van der Waals surface area contributed by atoms with Crippen LogP contribution in [0.3, 0.4) is 0 Å². The van der Waals surface area contributed by atoms with E-state index in [2.05, 4.69) is 45.9 Å². The van der Waals surface area contributed by atoms with Crippen molar-refractivity contribution in [2.75, 3.05) is 6.54 Å². The van der Waals surface area contributed by atoms with Crippen LogP contribution in [0.2, 0.25) is 0 Å². The van der Waals surface area contributed by atoms with E-state index in [0.29, 0.717) is 6.54 Å². The van der Waals surface area contributed by atoms with E-state index >= 15 is 0 Å². The maximum absolute atomic E-state index is 10.7. The summed E-state index contributed by atoms with van der Waals surface area (Å²) < 4.78 is 0. The Labute approximate surface area is 117 Å². The molecule has 0 aromatic heterocycles. The summed E-state index contributed by atoms with van der Waals surface area (Å²) >= 11 is 0. The third-order valence-electron chi connectivity index (χ3n) is 5.17. The van der Waals surface area contributed by atoms with Gasteiger partial charge in [-0.25, -0.2) is 0 Å². The van der Waals surface area contributed by atoms with Gasteiger partial charge in [0.25, 0.3) is 0 Å². The zero-order chi connectivity index (χ0) is 14.3. The fourth-order valence-electron chi connectivity index (χ4n) is 3.62. The van der Waals surface area contributed by atoms with Crippen LogP contribution in [0.15, 0.2) is 18.2 Å². The van der Waals surface area contributed by atoms with Gasteiger partial charge in [0.2, 0.25) is 0 Å². The Bertz CT molecular complexity index is 446. The Hall–Kier alpha value is -0.860. The minimum atomic E-state index is -0.316. The van der Waals surface area contributed by atoms with E-state index in [0.717, 1.165) is 19.3 Å². The highest BCUT2D eigenvalue weighted by atomic mass is 16.3. The molecule has 3 N–H and O–H groups in total. The molecule has 2 rings (SSSR count). The molecular formula is C17H27NO. The summed E-state index contributed by atoms with van der Waals surface area (Å²) in [6.07, 6.45) is 2.65. The molecule has 0 aliphatic heterocycles. The second-order valence-electron chi connectivity index (χ2n) is 7.00. The van der Waals surface area contributed by atoms with E-state index in [1.807, 2.05) is 0 Å². The molecule has 0 spiro atoms. The van der Waals surface area contributed by atoms with Crippen LogP contribution in [0.5, 0.6) is 0 Å². The maximum atomic E-state index is 10.7. The summed E-state index contributed by atoms with van der Waals surface area (Å²) in [6.45, 7) is 9.17. The van der Waals surface area contributed by atoms with E-state index in [-0.39, 0.29) is 16.9 Å². The third-order valence-corrected chi connectivity index (χ3v) is 5.17. The molecule has 1 aromatic rings. The molecule has 1 aliphatic rings. The first-order valence-corrected chi connectivity index (χ1v) is 7.26. The van der Waals surface area contributed by atoms with E-state index in [4.69, 9.17) is 5.73 Å². The topological polar surface area (TPSA) is 46.2 Å². The summed E-state index contributed by atoms with van der Waals surface area (Å²) in [7, 11) is 0. The summed E-state index contributed by atoms with van der Waals surface area (Å²) in [5, 5.41) is 10.7. The van der Waals surface area contributed by atoms with Crippen LogP contribution < -0.4 is 5.73 Å². The van der Waals surface area contributed by atoms with Crippen LogP contribution in [0.4, 0.5) is 0 Å². The highest BCUT2D eigenvalue weighted by Crippen LogP contribution is 2.50. The van der Waals surface area contributed by atoms with Gasteiger partial charge in [0, 0.05) is 12.0 Å². The summed E-state index contributed by atoms with van der Waals surface area (Å²) in [4.78, 5) is 0. The highest BCUT2D eigenvalue weighted by molar-refractivity contribution is 5.35. The van der Waals surface area contributed by atoms with Crippen LogP contribution in [0.25, 0.3) is 0 Å². The number of benzene rings is 1. The minimum Gasteiger partial charge on any atom is -0.392 e. The molecule has 2 unspecified atom stereocenters. The van der Waals surface area contributed by atoms with Crippen LogP contribution in [0, 0.1) is 24.7 Å². The van der Waals surface area contributed by atoms with Gasteiger partial charge in [0.15, 0.2) is 0 Å². The van der Waals surface area contributed by atoms with Crippen LogP contribution in [-0.4, -0.2) is 17.8 Å². The van der Waals surface area contributed by atoms with Crippen LogP contribution in [0.1, 0.15) is 43.4 Å². The van der Waals surface area contributed by atoms with Gasteiger partial charge in [-0.1, -0.05) is 32.0 Å². The fourth-order valence-corrected chi connectivity index (χ4v) is 3.62. The molecule has 1 fully saturated rings. The summed E-state index contributed by atoms with van der Waals surface area (Å²) in [6, 6.07) is 6.40. The lowest BCUT2D eigenvalue weighted by Crippen LogP contribution is -2.44. The molecule has 1 aromatic carbocycles. The van der Waals surface area contributed by atoms with Crippen molar-refractivity contribution in [1.82, 2.24) is 0 Å². The number of aliphatic hydroxyl groups excluding tert-OH is 1. The van der Waals surface area contributed by atoms with Gasteiger partial charge in [-0.2, -0.15) is 0 Å².